The number of fused-ring (bicyclic) bond motifs is 1. The van der Waals surface area contributed by atoms with Gasteiger partial charge >= 0.3 is 5.97 Å². The van der Waals surface area contributed by atoms with Gasteiger partial charge in [0.1, 0.15) is 42.3 Å². The maximum absolute atomic E-state index is 14.7. The van der Waals surface area contributed by atoms with Gasteiger partial charge < -0.3 is 74.2 Å². The first-order chi connectivity index (χ1) is 37.2. The Bertz CT molecular complexity index is 2690. The zero-order chi connectivity index (χ0) is 57.1. The summed E-state index contributed by atoms with van der Waals surface area (Å²) in [5, 5.41) is 39.8. The van der Waals surface area contributed by atoms with Crippen molar-refractivity contribution in [3.05, 3.63) is 90.1 Å². The maximum atomic E-state index is 14.7. The van der Waals surface area contributed by atoms with Gasteiger partial charge in [0.25, 0.3) is 5.97 Å². The third-order valence-electron chi connectivity index (χ3n) is 12.3. The predicted octanol–water partition coefficient (Wildman–Crippen LogP) is -0.558. The highest BCUT2D eigenvalue weighted by atomic mass is 16.4. The smallest absolute Gasteiger partial charge is 0.326 e. The molecule has 16 N–H and O–H groups in total. The van der Waals surface area contributed by atoms with Crippen LogP contribution in [0.5, 0.6) is 0 Å². The van der Waals surface area contributed by atoms with Crippen molar-refractivity contribution in [2.24, 2.45) is 16.5 Å². The van der Waals surface area contributed by atoms with Crippen LogP contribution in [0.1, 0.15) is 95.4 Å². The lowest BCUT2D eigenvalue weighted by atomic mass is 10.0. The first-order valence-electron chi connectivity index (χ1n) is 25.6. The van der Waals surface area contributed by atoms with Crippen LogP contribution in [0.15, 0.2) is 78.3 Å². The third kappa shape index (κ3) is 21.4. The molecule has 1 saturated heterocycles. The highest BCUT2D eigenvalue weighted by molar-refractivity contribution is 5.99. The molecule has 26 heteroatoms. The molecule has 2 aromatic heterocycles. The summed E-state index contributed by atoms with van der Waals surface area (Å²) >= 11 is 0. The van der Waals surface area contributed by atoms with Crippen LogP contribution in [0.25, 0.3) is 10.9 Å². The number of unbranched alkanes of at least 4 members (excludes halogenated alkanes) is 1. The molecule has 1 fully saturated rings. The molecule has 3 heterocycles. The molecule has 422 valence electrons. The van der Waals surface area contributed by atoms with Crippen LogP contribution in [0.3, 0.4) is 0 Å². The SMILES string of the molecule is CC(=O)O.CCCC[C@H](NC(C)=O)C(=O)N[C@H]1CC(=O)NCCCCC(C(=O)O)NC(=O)[C@H](Cc2c[nH]c3ccccc23)NC(=O)[C@H](CCCN=C(N)N)NC(=O)C(Cc2ccccc2)NC(=O)[C@H](Cc2cnc[nH]2)NC1=O. The minimum atomic E-state index is -1.59. The van der Waals surface area contributed by atoms with Crippen molar-refractivity contribution in [1.29, 1.82) is 0 Å². The molecule has 5 rings (SSSR count). The highest BCUT2D eigenvalue weighted by Gasteiger charge is 2.35. The largest absolute Gasteiger partial charge is 0.481 e. The zero-order valence-corrected chi connectivity index (χ0v) is 43.9. The number of para-hydroxylation sites is 1. The Morgan fingerprint density at radius 1 is 0.756 bits per heavy atom. The standard InChI is InChI=1S/C50H68N14O10.C2H4O2/c1-3-4-16-35(58-29(2)65)43(67)64-41-25-42(66)54-20-11-10-18-37(49(73)74)60-46(70)39(23-31-26-56-34-17-9-8-15-33(31)34)62-44(68)36(19-12-21-55-50(51)52)59-45(69)38(22-30-13-6-5-7-14-30)61-47(71)40(63-48(41)72)24-32-27-53-28-57-32;1-2(3)4/h5-9,13-15,17,26-28,35-41,56H,3-4,10-12,16,18-25H2,1-2H3,(H,53,57)(H,54,66)(H,58,65)(H,59,69)(H,60,70)(H,61,71)(H,62,68)(H,63,72)(H,64,67)(H,73,74)(H4,51,52,55);1H3,(H,3,4)/t35-,36-,37?,38?,39-,40-,41-;/m0./s1. The van der Waals surface area contributed by atoms with Gasteiger partial charge in [-0.3, -0.25) is 48.1 Å². The second kappa shape index (κ2) is 31.9. The molecule has 26 nitrogen and oxygen atoms in total. The van der Waals surface area contributed by atoms with Gasteiger partial charge in [-0.25, -0.2) is 9.78 Å². The maximum Gasteiger partial charge on any atom is 0.326 e. The van der Waals surface area contributed by atoms with Gasteiger partial charge in [-0.05, 0) is 55.7 Å². The summed E-state index contributed by atoms with van der Waals surface area (Å²) in [5.41, 5.74) is 13.5. The normalized spacial score (nSPS) is 20.6. The molecule has 0 spiro atoms. The molecule has 0 radical (unpaired) electrons. The number of aliphatic imine (C=N–C) groups is 1. The fourth-order valence-corrected chi connectivity index (χ4v) is 8.37. The lowest BCUT2D eigenvalue weighted by molar-refractivity contribution is -0.142. The molecule has 4 aromatic rings. The van der Waals surface area contributed by atoms with E-state index >= 15 is 0 Å². The Morgan fingerprint density at radius 3 is 2.01 bits per heavy atom. The number of carbonyl (C=O) groups excluding carboxylic acids is 8. The predicted molar refractivity (Wildman–Crippen MR) is 285 cm³/mol. The van der Waals surface area contributed by atoms with E-state index in [1.807, 2.05) is 25.1 Å². The van der Waals surface area contributed by atoms with E-state index in [9.17, 15) is 48.3 Å². The quantitative estimate of drug-likeness (QED) is 0.0358. The lowest BCUT2D eigenvalue weighted by Crippen LogP contribution is -2.61. The van der Waals surface area contributed by atoms with E-state index in [0.29, 0.717) is 29.7 Å². The summed E-state index contributed by atoms with van der Waals surface area (Å²) in [7, 11) is 0. The summed E-state index contributed by atoms with van der Waals surface area (Å²) in [5.74, 6) is -8.64. The van der Waals surface area contributed by atoms with Crippen LogP contribution < -0.4 is 54.0 Å². The number of hydrogen-bond acceptors (Lipinski definition) is 12. The summed E-state index contributed by atoms with van der Waals surface area (Å²) in [6.45, 7) is 4.27. The van der Waals surface area contributed by atoms with Gasteiger partial charge in [-0.15, -0.1) is 0 Å². The molecule has 0 saturated carbocycles. The van der Waals surface area contributed by atoms with Crippen molar-refractivity contribution in [3.63, 3.8) is 0 Å². The number of aliphatic carboxylic acids is 2. The zero-order valence-electron chi connectivity index (χ0n) is 43.9. The molecule has 0 bridgehead atoms. The molecule has 8 amide bonds. The number of hydrogen-bond donors (Lipinski definition) is 14. The number of nitrogens with two attached hydrogens (primary N) is 2. The van der Waals surface area contributed by atoms with E-state index in [0.717, 1.165) is 17.8 Å². The average molecular weight is 1090 g/mol. The van der Waals surface area contributed by atoms with E-state index in [1.165, 1.54) is 19.4 Å². The number of guanidine groups is 1. The van der Waals surface area contributed by atoms with Gasteiger partial charge in [0.15, 0.2) is 5.96 Å². The summed E-state index contributed by atoms with van der Waals surface area (Å²) < 4.78 is 0. The van der Waals surface area contributed by atoms with Crippen molar-refractivity contribution < 1.29 is 58.2 Å². The second-order valence-electron chi connectivity index (χ2n) is 18.7. The van der Waals surface area contributed by atoms with E-state index in [-0.39, 0.29) is 76.8 Å². The number of amides is 8. The molecular weight excluding hydrogens is 1010 g/mol. The molecule has 1 aliphatic heterocycles. The Hall–Kier alpha value is -8.84. The Morgan fingerprint density at radius 2 is 1.37 bits per heavy atom. The fraction of sp³-hybridized carbons (Fsp3) is 0.462. The average Bonchev–Trinajstić information content (AvgIpc) is 4.07. The van der Waals surface area contributed by atoms with Crippen LogP contribution in [-0.2, 0) is 67.2 Å². The van der Waals surface area contributed by atoms with Crippen LogP contribution in [0, 0.1) is 0 Å². The molecular formula is C52H72N14O12. The Labute approximate surface area is 450 Å². The van der Waals surface area contributed by atoms with Crippen LogP contribution in [-0.4, -0.2) is 146 Å². The van der Waals surface area contributed by atoms with E-state index in [1.54, 1.807) is 42.6 Å². The van der Waals surface area contributed by atoms with Crippen molar-refractivity contribution in [2.45, 2.75) is 140 Å². The van der Waals surface area contributed by atoms with Crippen LogP contribution in [0.4, 0.5) is 0 Å². The topological polar surface area (TPSA) is 416 Å². The van der Waals surface area contributed by atoms with Crippen LogP contribution in [0.2, 0.25) is 0 Å². The first-order valence-corrected chi connectivity index (χ1v) is 25.6. The number of benzene rings is 2. The fourth-order valence-electron chi connectivity index (χ4n) is 8.37. The van der Waals surface area contributed by atoms with Crippen molar-refractivity contribution >= 4 is 76.1 Å². The number of nitrogens with zero attached hydrogens (tertiary/aromatic N) is 2. The number of carboxylic acid groups (broad SMARTS) is 2. The summed E-state index contributed by atoms with van der Waals surface area (Å²) in [6.07, 6.45) is 5.28. The van der Waals surface area contributed by atoms with Gasteiger partial charge in [0.05, 0.1) is 12.7 Å². The number of aromatic nitrogens is 3. The molecule has 0 aliphatic carbocycles. The third-order valence-corrected chi connectivity index (χ3v) is 12.3. The number of imidazole rings is 1. The van der Waals surface area contributed by atoms with Gasteiger partial charge in [0.2, 0.25) is 47.3 Å². The molecule has 7 atom stereocenters. The van der Waals surface area contributed by atoms with E-state index in [4.69, 9.17) is 21.4 Å². The van der Waals surface area contributed by atoms with E-state index in [2.05, 4.69) is 62.5 Å². The number of nitrogens with one attached hydrogen (secondary N) is 10. The van der Waals surface area contributed by atoms with E-state index < -0.39 is 108 Å². The minimum absolute atomic E-state index is 0.00489. The number of rotatable bonds is 17. The molecule has 2 unspecified atom stereocenters. The number of carbonyl (C=O) groups is 10. The summed E-state index contributed by atoms with van der Waals surface area (Å²) in [6, 6.07) is 6.21. The first kappa shape index (κ1) is 61.7. The van der Waals surface area contributed by atoms with Gasteiger partial charge in [0, 0.05) is 75.2 Å². The van der Waals surface area contributed by atoms with Crippen LogP contribution >= 0.6 is 0 Å². The Kier molecular flexibility index (Phi) is 25.2. The monoisotopic (exact) mass is 1080 g/mol. The number of H-pyrrole nitrogens is 2. The molecule has 78 heavy (non-hydrogen) atoms. The van der Waals surface area contributed by atoms with Gasteiger partial charge in [-0.1, -0.05) is 68.3 Å². The van der Waals surface area contributed by atoms with Crippen molar-refractivity contribution in [1.82, 2.24) is 57.5 Å². The second-order valence-corrected chi connectivity index (χ2v) is 18.7. The highest BCUT2D eigenvalue weighted by Crippen LogP contribution is 2.20. The Balaban J connectivity index is 0.00000317. The number of carboxylic acids is 2. The molecule has 1 aliphatic rings. The van der Waals surface area contributed by atoms with Crippen molar-refractivity contribution in [2.75, 3.05) is 13.1 Å². The summed E-state index contributed by atoms with van der Waals surface area (Å²) in [4.78, 5) is 148. The molecule has 2 aromatic carbocycles. The number of aromatic amines is 2. The minimum Gasteiger partial charge on any atom is -0.481 e. The lowest BCUT2D eigenvalue weighted by Gasteiger charge is -2.28. The van der Waals surface area contributed by atoms with Crippen molar-refractivity contribution in [3.8, 4) is 0 Å². The van der Waals surface area contributed by atoms with Gasteiger partial charge in [-0.2, -0.15) is 0 Å².